The predicted octanol–water partition coefficient (Wildman–Crippen LogP) is 2.38. The van der Waals surface area contributed by atoms with Crippen LogP contribution in [0.5, 0.6) is 5.75 Å². The molecule has 1 aromatic carbocycles. The Balaban J connectivity index is 3.27. The van der Waals surface area contributed by atoms with Gasteiger partial charge < -0.3 is 9.84 Å². The number of halogens is 1. The molecule has 0 saturated carbocycles. The van der Waals surface area contributed by atoms with Gasteiger partial charge in [-0.15, -0.1) is 0 Å². The van der Waals surface area contributed by atoms with Crippen molar-refractivity contribution in [2.24, 2.45) is 0 Å². The lowest BCUT2D eigenvalue weighted by molar-refractivity contribution is 0.0599. The minimum absolute atomic E-state index is 0.113. The monoisotopic (exact) mass is 258 g/mol. The number of carbonyl (C=O) groups is 1. The van der Waals surface area contributed by atoms with E-state index in [0.29, 0.717) is 16.5 Å². The number of hydrogen-bond donors (Lipinski definition) is 1. The average Bonchev–Trinajstić information content (AvgIpc) is 2.20. The summed E-state index contributed by atoms with van der Waals surface area (Å²) in [5.74, 6) is -0.317. The maximum Gasteiger partial charge on any atom is 0.338 e. The molecular formula is C10H11BrO3. The van der Waals surface area contributed by atoms with Crippen molar-refractivity contribution in [1.82, 2.24) is 0 Å². The number of phenolic OH excluding ortho intramolecular Hbond substituents is 1. The summed E-state index contributed by atoms with van der Waals surface area (Å²) in [5.41, 5.74) is 1.79. The fourth-order valence-electron chi connectivity index (χ4n) is 1.16. The lowest BCUT2D eigenvalue weighted by Gasteiger charge is -2.07. The van der Waals surface area contributed by atoms with Crippen LogP contribution in [0.25, 0.3) is 0 Å². The Labute approximate surface area is 90.8 Å². The highest BCUT2D eigenvalue weighted by Gasteiger charge is 2.13. The van der Waals surface area contributed by atoms with Gasteiger partial charge in [0.25, 0.3) is 0 Å². The smallest absolute Gasteiger partial charge is 0.338 e. The van der Waals surface area contributed by atoms with E-state index in [4.69, 9.17) is 0 Å². The van der Waals surface area contributed by atoms with E-state index in [1.165, 1.54) is 7.11 Å². The third kappa shape index (κ3) is 2.07. The Morgan fingerprint density at radius 2 is 2.21 bits per heavy atom. The van der Waals surface area contributed by atoms with Crippen molar-refractivity contribution < 1.29 is 14.6 Å². The molecule has 3 nitrogen and oxygen atoms in total. The van der Waals surface area contributed by atoms with Crippen LogP contribution in [-0.2, 0) is 10.1 Å². The van der Waals surface area contributed by atoms with E-state index in [9.17, 15) is 9.90 Å². The first-order valence-electron chi connectivity index (χ1n) is 4.07. The first-order chi connectivity index (χ1) is 6.60. The van der Waals surface area contributed by atoms with Gasteiger partial charge in [0.05, 0.1) is 12.7 Å². The molecule has 0 radical (unpaired) electrons. The van der Waals surface area contributed by atoms with E-state index < -0.39 is 5.97 Å². The van der Waals surface area contributed by atoms with Gasteiger partial charge in [-0.05, 0) is 24.6 Å². The number of carbonyl (C=O) groups excluding carboxylic acids is 1. The van der Waals surface area contributed by atoms with Crippen LogP contribution in [0.4, 0.5) is 0 Å². The average molecular weight is 259 g/mol. The zero-order valence-electron chi connectivity index (χ0n) is 8.00. The molecule has 0 spiro atoms. The summed E-state index contributed by atoms with van der Waals surface area (Å²) in [6.45, 7) is 1.68. The molecule has 0 saturated heterocycles. The van der Waals surface area contributed by atoms with Crippen LogP contribution in [0.1, 0.15) is 21.5 Å². The van der Waals surface area contributed by atoms with Crippen LogP contribution in [0.3, 0.4) is 0 Å². The van der Waals surface area contributed by atoms with E-state index in [2.05, 4.69) is 20.7 Å². The van der Waals surface area contributed by atoms with Gasteiger partial charge in [0.15, 0.2) is 0 Å². The highest BCUT2D eigenvalue weighted by atomic mass is 79.9. The number of phenols is 1. The van der Waals surface area contributed by atoms with Crippen molar-refractivity contribution >= 4 is 21.9 Å². The molecule has 0 amide bonds. The van der Waals surface area contributed by atoms with Crippen molar-refractivity contribution in [1.29, 1.82) is 0 Å². The predicted molar refractivity (Wildman–Crippen MR) is 56.8 cm³/mol. The SMILES string of the molecule is COC(=O)c1cc(CBr)cc(O)c1C. The molecule has 1 rings (SSSR count). The zero-order chi connectivity index (χ0) is 10.7. The second-order valence-electron chi connectivity index (χ2n) is 2.91. The van der Waals surface area contributed by atoms with Crippen LogP contribution in [0, 0.1) is 6.92 Å². The number of ether oxygens (including phenoxy) is 1. The van der Waals surface area contributed by atoms with E-state index in [0.717, 1.165) is 5.56 Å². The number of aromatic hydroxyl groups is 1. The normalized spacial score (nSPS) is 9.93. The second kappa shape index (κ2) is 4.46. The van der Waals surface area contributed by atoms with Crippen LogP contribution < -0.4 is 0 Å². The number of benzene rings is 1. The Morgan fingerprint density at radius 3 is 2.71 bits per heavy atom. The van der Waals surface area contributed by atoms with Gasteiger partial charge in [0.1, 0.15) is 5.75 Å². The topological polar surface area (TPSA) is 46.5 Å². The van der Waals surface area contributed by atoms with Gasteiger partial charge in [-0.2, -0.15) is 0 Å². The maximum absolute atomic E-state index is 11.3. The number of alkyl halides is 1. The van der Waals surface area contributed by atoms with Crippen LogP contribution >= 0.6 is 15.9 Å². The van der Waals surface area contributed by atoms with Gasteiger partial charge in [-0.3, -0.25) is 0 Å². The molecule has 0 aliphatic rings. The second-order valence-corrected chi connectivity index (χ2v) is 3.47. The van der Waals surface area contributed by atoms with E-state index >= 15 is 0 Å². The summed E-state index contributed by atoms with van der Waals surface area (Å²) in [7, 11) is 1.32. The van der Waals surface area contributed by atoms with Crippen molar-refractivity contribution in [2.75, 3.05) is 7.11 Å². The maximum atomic E-state index is 11.3. The molecule has 0 heterocycles. The Hall–Kier alpha value is -1.03. The summed E-state index contributed by atoms with van der Waals surface area (Å²) >= 11 is 3.26. The van der Waals surface area contributed by atoms with Crippen LogP contribution in [0.15, 0.2) is 12.1 Å². The quantitative estimate of drug-likeness (QED) is 0.655. The molecule has 0 fully saturated rings. The summed E-state index contributed by atoms with van der Waals surface area (Å²) in [6.07, 6.45) is 0. The number of methoxy groups -OCH3 is 1. The van der Waals surface area contributed by atoms with Crippen molar-refractivity contribution in [3.63, 3.8) is 0 Å². The lowest BCUT2D eigenvalue weighted by Crippen LogP contribution is -2.04. The third-order valence-corrected chi connectivity index (χ3v) is 2.65. The zero-order valence-corrected chi connectivity index (χ0v) is 9.59. The molecular weight excluding hydrogens is 248 g/mol. The van der Waals surface area contributed by atoms with Gasteiger partial charge in [0, 0.05) is 10.9 Å². The molecule has 0 bridgehead atoms. The number of esters is 1. The molecule has 14 heavy (non-hydrogen) atoms. The summed E-state index contributed by atoms with van der Waals surface area (Å²) < 4.78 is 4.61. The molecule has 0 aliphatic heterocycles. The first-order valence-corrected chi connectivity index (χ1v) is 5.19. The van der Waals surface area contributed by atoms with Crippen LogP contribution in [0.2, 0.25) is 0 Å². The Kier molecular flexibility index (Phi) is 3.52. The van der Waals surface area contributed by atoms with Gasteiger partial charge in [0.2, 0.25) is 0 Å². The van der Waals surface area contributed by atoms with Gasteiger partial charge in [-0.1, -0.05) is 15.9 Å². The van der Waals surface area contributed by atoms with Crippen molar-refractivity contribution in [3.8, 4) is 5.75 Å². The molecule has 0 aromatic heterocycles. The fraction of sp³-hybridized carbons (Fsp3) is 0.300. The molecule has 0 aliphatic carbocycles. The van der Waals surface area contributed by atoms with Crippen LogP contribution in [-0.4, -0.2) is 18.2 Å². The molecule has 0 unspecified atom stereocenters. The van der Waals surface area contributed by atoms with Crippen molar-refractivity contribution in [2.45, 2.75) is 12.3 Å². The van der Waals surface area contributed by atoms with Gasteiger partial charge in [-0.25, -0.2) is 4.79 Å². The highest BCUT2D eigenvalue weighted by Crippen LogP contribution is 2.24. The first kappa shape index (κ1) is 11.0. The molecule has 4 heteroatoms. The van der Waals surface area contributed by atoms with E-state index in [1.54, 1.807) is 19.1 Å². The highest BCUT2D eigenvalue weighted by molar-refractivity contribution is 9.08. The molecule has 1 N–H and O–H groups in total. The summed E-state index contributed by atoms with van der Waals surface area (Å²) in [5, 5.41) is 10.1. The summed E-state index contributed by atoms with van der Waals surface area (Å²) in [6, 6.07) is 3.33. The minimum Gasteiger partial charge on any atom is -0.508 e. The van der Waals surface area contributed by atoms with E-state index in [1.807, 2.05) is 0 Å². The van der Waals surface area contributed by atoms with E-state index in [-0.39, 0.29) is 5.75 Å². The molecule has 1 aromatic rings. The third-order valence-electron chi connectivity index (χ3n) is 2.00. The molecule has 0 atom stereocenters. The number of rotatable bonds is 2. The fourth-order valence-corrected chi connectivity index (χ4v) is 1.48. The largest absolute Gasteiger partial charge is 0.508 e. The molecule has 76 valence electrons. The lowest BCUT2D eigenvalue weighted by atomic mass is 10.0. The standard InChI is InChI=1S/C10H11BrO3/c1-6-8(10(13)14-2)3-7(5-11)4-9(6)12/h3-4,12H,5H2,1-2H3. The van der Waals surface area contributed by atoms with Gasteiger partial charge >= 0.3 is 5.97 Å². The Morgan fingerprint density at radius 1 is 1.57 bits per heavy atom. The minimum atomic E-state index is -0.430. The summed E-state index contributed by atoms with van der Waals surface area (Å²) in [4.78, 5) is 11.3. The number of hydrogen-bond acceptors (Lipinski definition) is 3. The van der Waals surface area contributed by atoms with Crippen molar-refractivity contribution in [3.05, 3.63) is 28.8 Å². The Bertz CT molecular complexity index is 361.